The van der Waals surface area contributed by atoms with Gasteiger partial charge in [-0.1, -0.05) is 42.5 Å². The molecule has 1 aromatic heterocycles. The molecule has 1 heterocycles. The van der Waals surface area contributed by atoms with Crippen molar-refractivity contribution in [1.82, 2.24) is 9.97 Å². The third kappa shape index (κ3) is 6.55. The molecule has 0 radical (unpaired) electrons. The number of aromatic nitrogens is 2. The van der Waals surface area contributed by atoms with E-state index in [1.165, 1.54) is 0 Å². The van der Waals surface area contributed by atoms with Gasteiger partial charge in [-0.2, -0.15) is 20.2 Å². The number of ether oxygens (including phenoxy) is 2. The van der Waals surface area contributed by atoms with Gasteiger partial charge in [0.25, 0.3) is 0 Å². The fourth-order valence-electron chi connectivity index (χ4n) is 3.16. The van der Waals surface area contributed by atoms with Crippen molar-refractivity contribution in [3.63, 3.8) is 0 Å². The Morgan fingerprint density at radius 3 is 1.83 bits per heavy atom. The van der Waals surface area contributed by atoms with Crippen LogP contribution >= 0.6 is 0 Å². The van der Waals surface area contributed by atoms with Crippen LogP contribution in [0.3, 0.4) is 0 Å². The van der Waals surface area contributed by atoms with Crippen LogP contribution in [0.4, 0.5) is 23.3 Å². The van der Waals surface area contributed by atoms with Crippen LogP contribution in [0.5, 0.6) is 11.5 Å². The number of nitrogens with one attached hydrogen (secondary N) is 3. The molecular formula is C26H25N7O2. The summed E-state index contributed by atoms with van der Waals surface area (Å²) in [7, 11) is 3.24. The van der Waals surface area contributed by atoms with Crippen molar-refractivity contribution in [2.75, 3.05) is 30.4 Å². The second kappa shape index (κ2) is 11.8. The van der Waals surface area contributed by atoms with E-state index in [-0.39, 0.29) is 5.95 Å². The zero-order chi connectivity index (χ0) is 24.3. The van der Waals surface area contributed by atoms with Crippen LogP contribution in [-0.2, 0) is 0 Å². The Morgan fingerprint density at radius 2 is 1.20 bits per heavy atom. The van der Waals surface area contributed by atoms with Gasteiger partial charge in [-0.05, 0) is 36.4 Å². The van der Waals surface area contributed by atoms with Gasteiger partial charge in [-0.25, -0.2) is 5.43 Å². The third-order valence-electron chi connectivity index (χ3n) is 4.80. The highest BCUT2D eigenvalue weighted by molar-refractivity contribution is 5.84. The molecule has 35 heavy (non-hydrogen) atoms. The quantitative estimate of drug-likeness (QED) is 0.219. The summed E-state index contributed by atoms with van der Waals surface area (Å²) in [6.45, 7) is 0. The van der Waals surface area contributed by atoms with E-state index in [0.717, 1.165) is 22.6 Å². The maximum absolute atomic E-state index is 5.36. The third-order valence-corrected chi connectivity index (χ3v) is 4.80. The van der Waals surface area contributed by atoms with Crippen molar-refractivity contribution >= 4 is 35.7 Å². The van der Waals surface area contributed by atoms with Gasteiger partial charge in [0.1, 0.15) is 17.3 Å². The second-order valence-corrected chi connectivity index (χ2v) is 7.18. The minimum absolute atomic E-state index is 0.284. The van der Waals surface area contributed by atoms with Crippen LogP contribution in [0.15, 0.2) is 95.1 Å². The van der Waals surface area contributed by atoms with Gasteiger partial charge < -0.3 is 14.8 Å². The molecule has 0 fully saturated rings. The molecule has 0 saturated heterocycles. The van der Waals surface area contributed by atoms with Crippen molar-refractivity contribution < 1.29 is 9.47 Å². The number of hydrazone groups is 2. The van der Waals surface area contributed by atoms with Crippen LogP contribution < -0.4 is 25.6 Å². The van der Waals surface area contributed by atoms with Gasteiger partial charge in [-0.3, -0.25) is 5.43 Å². The standard InChI is InChI=1S/C26H25N7O2/c1-34-22-14-8-6-10-19(22)17-27-32-25-16-24(29-21-12-4-3-5-13-21)30-26(31-25)33-28-18-20-11-7-9-15-23(20)35-2/h3-18H,1-2H3,(H3,29,30,31,32,33). The van der Waals surface area contributed by atoms with Crippen molar-refractivity contribution in [1.29, 1.82) is 0 Å². The molecule has 0 spiro atoms. The van der Waals surface area contributed by atoms with E-state index in [9.17, 15) is 0 Å². The minimum Gasteiger partial charge on any atom is -0.496 e. The van der Waals surface area contributed by atoms with Gasteiger partial charge in [0.2, 0.25) is 5.95 Å². The first-order valence-corrected chi connectivity index (χ1v) is 10.8. The van der Waals surface area contributed by atoms with Crippen LogP contribution in [0.2, 0.25) is 0 Å². The molecule has 176 valence electrons. The zero-order valence-electron chi connectivity index (χ0n) is 19.3. The van der Waals surface area contributed by atoms with Crippen LogP contribution in [0.1, 0.15) is 11.1 Å². The number of nitrogens with zero attached hydrogens (tertiary/aromatic N) is 4. The van der Waals surface area contributed by atoms with Gasteiger partial charge in [0, 0.05) is 22.9 Å². The summed E-state index contributed by atoms with van der Waals surface area (Å²) in [5, 5.41) is 11.8. The molecule has 0 atom stereocenters. The van der Waals surface area contributed by atoms with Crippen molar-refractivity contribution in [2.45, 2.75) is 0 Å². The van der Waals surface area contributed by atoms with E-state index in [1.54, 1.807) is 32.7 Å². The zero-order valence-corrected chi connectivity index (χ0v) is 19.3. The minimum atomic E-state index is 0.284. The Bertz CT molecular complexity index is 1230. The molecule has 3 N–H and O–H groups in total. The van der Waals surface area contributed by atoms with Gasteiger partial charge >= 0.3 is 0 Å². The summed E-state index contributed by atoms with van der Waals surface area (Å²) >= 11 is 0. The first-order chi connectivity index (χ1) is 17.2. The Kier molecular flexibility index (Phi) is 7.84. The van der Waals surface area contributed by atoms with Gasteiger partial charge in [0.05, 0.1) is 26.6 Å². The van der Waals surface area contributed by atoms with Crippen molar-refractivity contribution in [3.8, 4) is 11.5 Å². The first-order valence-electron chi connectivity index (χ1n) is 10.8. The average molecular weight is 468 g/mol. The SMILES string of the molecule is COc1ccccc1C=NNc1cc(Nc2ccccc2)nc(NN=Cc2ccccc2OC)n1. The van der Waals surface area contributed by atoms with Gasteiger partial charge in [0.15, 0.2) is 5.82 Å². The maximum Gasteiger partial charge on any atom is 0.247 e. The fourth-order valence-corrected chi connectivity index (χ4v) is 3.16. The molecule has 0 aliphatic rings. The van der Waals surface area contributed by atoms with Crippen molar-refractivity contribution in [2.24, 2.45) is 10.2 Å². The number of rotatable bonds is 10. The molecule has 0 amide bonds. The van der Waals surface area contributed by atoms with E-state index in [1.807, 2.05) is 78.9 Å². The Labute approximate surface area is 203 Å². The summed E-state index contributed by atoms with van der Waals surface area (Å²) in [5.41, 5.74) is 8.37. The molecule has 0 saturated carbocycles. The summed E-state index contributed by atoms with van der Waals surface area (Å²) in [5.74, 6) is 2.76. The predicted octanol–water partition coefficient (Wildman–Crippen LogP) is 5.13. The highest BCUT2D eigenvalue weighted by Gasteiger charge is 2.06. The topological polar surface area (TPSA) is 105 Å². The lowest BCUT2D eigenvalue weighted by molar-refractivity contribution is 0.414. The molecule has 3 aromatic carbocycles. The first kappa shape index (κ1) is 23.2. The van der Waals surface area contributed by atoms with Crippen molar-refractivity contribution in [3.05, 3.63) is 96.1 Å². The second-order valence-electron chi connectivity index (χ2n) is 7.18. The molecule has 9 heteroatoms. The lowest BCUT2D eigenvalue weighted by atomic mass is 10.2. The number of methoxy groups -OCH3 is 2. The van der Waals surface area contributed by atoms with E-state index in [2.05, 4.69) is 36.3 Å². The number of para-hydroxylation sites is 3. The van der Waals surface area contributed by atoms with E-state index in [4.69, 9.17) is 9.47 Å². The number of benzene rings is 3. The molecule has 0 aliphatic carbocycles. The molecule has 9 nitrogen and oxygen atoms in total. The van der Waals surface area contributed by atoms with Crippen LogP contribution in [-0.4, -0.2) is 36.6 Å². The average Bonchev–Trinajstić information content (AvgIpc) is 2.90. The summed E-state index contributed by atoms with van der Waals surface area (Å²) < 4.78 is 10.7. The fraction of sp³-hybridized carbons (Fsp3) is 0.0769. The molecule has 4 aromatic rings. The molecule has 0 unspecified atom stereocenters. The normalized spacial score (nSPS) is 10.9. The highest BCUT2D eigenvalue weighted by atomic mass is 16.5. The molecule has 4 rings (SSSR count). The smallest absolute Gasteiger partial charge is 0.247 e. The summed E-state index contributed by atoms with van der Waals surface area (Å²) in [6.07, 6.45) is 3.31. The lowest BCUT2D eigenvalue weighted by Crippen LogP contribution is -2.04. The van der Waals surface area contributed by atoms with E-state index >= 15 is 0 Å². The number of hydrogen-bond donors (Lipinski definition) is 3. The summed E-state index contributed by atoms with van der Waals surface area (Å²) in [6, 6.07) is 26.6. The highest BCUT2D eigenvalue weighted by Crippen LogP contribution is 2.20. The maximum atomic E-state index is 5.36. The monoisotopic (exact) mass is 467 g/mol. The Hall–Kier alpha value is -4.92. The van der Waals surface area contributed by atoms with E-state index < -0.39 is 0 Å². The molecule has 0 aliphatic heterocycles. The molecule has 0 bridgehead atoms. The lowest BCUT2D eigenvalue weighted by Gasteiger charge is -2.09. The van der Waals surface area contributed by atoms with Crippen LogP contribution in [0, 0.1) is 0 Å². The largest absolute Gasteiger partial charge is 0.496 e. The van der Waals surface area contributed by atoms with E-state index in [0.29, 0.717) is 17.4 Å². The molecular weight excluding hydrogens is 442 g/mol. The Balaban J connectivity index is 1.55. The Morgan fingerprint density at radius 1 is 0.657 bits per heavy atom. The van der Waals surface area contributed by atoms with Crippen LogP contribution in [0.25, 0.3) is 0 Å². The number of hydrogen-bond acceptors (Lipinski definition) is 9. The summed E-state index contributed by atoms with van der Waals surface area (Å²) in [4.78, 5) is 8.97. The van der Waals surface area contributed by atoms with Gasteiger partial charge in [-0.15, -0.1) is 0 Å². The number of anilines is 4. The predicted molar refractivity (Wildman–Crippen MR) is 140 cm³/mol.